The van der Waals surface area contributed by atoms with Gasteiger partial charge in [-0.3, -0.25) is 0 Å². The summed E-state index contributed by atoms with van der Waals surface area (Å²) in [6, 6.07) is 6.92. The number of rotatable bonds is 5. The largest absolute Gasteiger partial charge is 0.496 e. The third-order valence-corrected chi connectivity index (χ3v) is 3.44. The van der Waals surface area contributed by atoms with E-state index in [-0.39, 0.29) is 12.1 Å². The molecule has 3 rings (SSSR count). The van der Waals surface area contributed by atoms with Gasteiger partial charge < -0.3 is 19.9 Å². The lowest BCUT2D eigenvalue weighted by molar-refractivity contribution is 0.237. The molecule has 0 spiro atoms. The van der Waals surface area contributed by atoms with Crippen molar-refractivity contribution < 1.29 is 14.1 Å². The van der Waals surface area contributed by atoms with Gasteiger partial charge in [-0.05, 0) is 18.9 Å². The van der Waals surface area contributed by atoms with Gasteiger partial charge in [0, 0.05) is 18.5 Å². The molecular formula is C15H18N4O3. The van der Waals surface area contributed by atoms with Crippen LogP contribution < -0.4 is 15.4 Å². The van der Waals surface area contributed by atoms with Crippen molar-refractivity contribution in [2.75, 3.05) is 7.11 Å². The van der Waals surface area contributed by atoms with Crippen molar-refractivity contribution in [3.8, 4) is 5.75 Å². The van der Waals surface area contributed by atoms with Gasteiger partial charge in [0.05, 0.1) is 7.11 Å². The molecule has 1 atom stereocenters. The Balaban J connectivity index is 1.89. The molecule has 1 aromatic heterocycles. The van der Waals surface area contributed by atoms with Crippen LogP contribution in [0.3, 0.4) is 0 Å². The van der Waals surface area contributed by atoms with Gasteiger partial charge in [0.2, 0.25) is 5.89 Å². The van der Waals surface area contributed by atoms with Gasteiger partial charge in [-0.1, -0.05) is 23.4 Å². The van der Waals surface area contributed by atoms with Crippen molar-refractivity contribution in [3.05, 3.63) is 41.5 Å². The summed E-state index contributed by atoms with van der Waals surface area (Å²) < 4.78 is 10.4. The highest BCUT2D eigenvalue weighted by atomic mass is 16.5. The molecule has 1 aliphatic rings. The Hall–Kier alpha value is -2.57. The fourth-order valence-electron chi connectivity index (χ4n) is 2.20. The zero-order chi connectivity index (χ0) is 15.5. The highest BCUT2D eigenvalue weighted by Crippen LogP contribution is 2.28. The molecule has 2 amide bonds. The number of benzene rings is 1. The number of methoxy groups -OCH3 is 1. The van der Waals surface area contributed by atoms with Crippen LogP contribution in [-0.2, 0) is 0 Å². The number of ether oxygens (including phenoxy) is 1. The summed E-state index contributed by atoms with van der Waals surface area (Å²) in [7, 11) is 1.58. The summed E-state index contributed by atoms with van der Waals surface area (Å²) in [4.78, 5) is 16.3. The maximum absolute atomic E-state index is 12.1. The molecule has 0 saturated heterocycles. The highest BCUT2D eigenvalue weighted by Gasteiger charge is 2.28. The molecule has 1 saturated carbocycles. The summed E-state index contributed by atoms with van der Waals surface area (Å²) in [5.41, 5.74) is 0.775. The predicted molar refractivity (Wildman–Crippen MR) is 78.6 cm³/mol. The lowest BCUT2D eigenvalue weighted by Gasteiger charge is -2.18. The number of para-hydroxylation sites is 1. The van der Waals surface area contributed by atoms with E-state index >= 15 is 0 Å². The van der Waals surface area contributed by atoms with Crippen LogP contribution in [0.25, 0.3) is 0 Å². The van der Waals surface area contributed by atoms with Gasteiger partial charge in [0.25, 0.3) is 0 Å². The first-order valence-corrected chi connectivity index (χ1v) is 7.17. The van der Waals surface area contributed by atoms with E-state index in [9.17, 15) is 4.79 Å². The standard InChI is InChI=1S/C15H18N4O3/c1-9-16-14(19-22-9)13(18-15(20)17-10-7-8-10)11-5-3-4-6-12(11)21-2/h3-6,10,13H,7-8H2,1-2H3,(H2,17,18,20)/t13-/m0/s1. The highest BCUT2D eigenvalue weighted by molar-refractivity contribution is 5.75. The summed E-state index contributed by atoms with van der Waals surface area (Å²) in [5, 5.41) is 9.72. The van der Waals surface area contributed by atoms with E-state index in [0.29, 0.717) is 17.5 Å². The molecule has 2 N–H and O–H groups in total. The Kier molecular flexibility index (Phi) is 3.95. The molecule has 7 heteroatoms. The number of amides is 2. The van der Waals surface area contributed by atoms with E-state index in [1.165, 1.54) is 0 Å². The number of hydrogen-bond acceptors (Lipinski definition) is 5. The molecule has 0 radical (unpaired) electrons. The maximum atomic E-state index is 12.1. The van der Waals surface area contributed by atoms with Crippen molar-refractivity contribution in [1.82, 2.24) is 20.8 Å². The van der Waals surface area contributed by atoms with E-state index in [0.717, 1.165) is 18.4 Å². The van der Waals surface area contributed by atoms with E-state index in [1.807, 2.05) is 24.3 Å². The van der Waals surface area contributed by atoms with E-state index in [1.54, 1.807) is 14.0 Å². The van der Waals surface area contributed by atoms with Crippen LogP contribution in [0.5, 0.6) is 5.75 Å². The Labute approximate surface area is 128 Å². The third kappa shape index (κ3) is 3.19. The minimum Gasteiger partial charge on any atom is -0.496 e. The maximum Gasteiger partial charge on any atom is 0.315 e. The van der Waals surface area contributed by atoms with Crippen LogP contribution in [0.4, 0.5) is 4.79 Å². The monoisotopic (exact) mass is 302 g/mol. The zero-order valence-corrected chi connectivity index (χ0v) is 12.5. The average molecular weight is 302 g/mol. The number of carbonyl (C=O) groups is 1. The van der Waals surface area contributed by atoms with Crippen LogP contribution in [0, 0.1) is 6.92 Å². The van der Waals surface area contributed by atoms with Gasteiger partial charge in [-0.15, -0.1) is 0 Å². The lowest BCUT2D eigenvalue weighted by atomic mass is 10.1. The molecule has 1 aliphatic carbocycles. The fourth-order valence-corrected chi connectivity index (χ4v) is 2.20. The lowest BCUT2D eigenvalue weighted by Crippen LogP contribution is -2.39. The Morgan fingerprint density at radius 1 is 1.41 bits per heavy atom. The molecule has 1 aromatic carbocycles. The van der Waals surface area contributed by atoms with Gasteiger partial charge in [-0.2, -0.15) is 4.98 Å². The minimum absolute atomic E-state index is 0.249. The SMILES string of the molecule is COc1ccccc1[C@H](NC(=O)NC1CC1)c1noc(C)n1. The van der Waals surface area contributed by atoms with Crippen molar-refractivity contribution in [1.29, 1.82) is 0 Å². The average Bonchev–Trinajstić information content (AvgIpc) is 3.23. The summed E-state index contributed by atoms with van der Waals surface area (Å²) in [6.07, 6.45) is 2.04. The van der Waals surface area contributed by atoms with Crippen LogP contribution >= 0.6 is 0 Å². The van der Waals surface area contributed by atoms with E-state index < -0.39 is 6.04 Å². The molecule has 2 aromatic rings. The second-order valence-electron chi connectivity index (χ2n) is 5.24. The summed E-state index contributed by atoms with van der Waals surface area (Å²) in [5.74, 6) is 1.49. The van der Waals surface area contributed by atoms with Gasteiger partial charge in [0.15, 0.2) is 5.82 Å². The zero-order valence-electron chi connectivity index (χ0n) is 12.5. The first-order chi connectivity index (χ1) is 10.7. The fraction of sp³-hybridized carbons (Fsp3) is 0.400. The van der Waals surface area contributed by atoms with E-state index in [4.69, 9.17) is 9.26 Å². The molecule has 22 heavy (non-hydrogen) atoms. The summed E-state index contributed by atoms with van der Waals surface area (Å²) >= 11 is 0. The number of nitrogens with one attached hydrogen (secondary N) is 2. The number of aromatic nitrogens is 2. The summed E-state index contributed by atoms with van der Waals surface area (Å²) in [6.45, 7) is 1.71. The Morgan fingerprint density at radius 3 is 2.82 bits per heavy atom. The second kappa shape index (κ2) is 6.05. The number of hydrogen-bond donors (Lipinski definition) is 2. The first-order valence-electron chi connectivity index (χ1n) is 7.17. The molecule has 1 fully saturated rings. The molecule has 0 bridgehead atoms. The van der Waals surface area contributed by atoms with Crippen molar-refractivity contribution in [2.45, 2.75) is 31.8 Å². The normalized spacial score (nSPS) is 15.2. The quantitative estimate of drug-likeness (QED) is 0.881. The van der Waals surface area contributed by atoms with Crippen molar-refractivity contribution in [3.63, 3.8) is 0 Å². The number of carbonyl (C=O) groups excluding carboxylic acids is 1. The van der Waals surface area contributed by atoms with Gasteiger partial charge >= 0.3 is 6.03 Å². The number of nitrogens with zero attached hydrogens (tertiary/aromatic N) is 2. The minimum atomic E-state index is -0.535. The number of aryl methyl sites for hydroxylation is 1. The van der Waals surface area contributed by atoms with Gasteiger partial charge in [-0.25, -0.2) is 4.79 Å². The molecular weight excluding hydrogens is 284 g/mol. The first kappa shape index (κ1) is 14.4. The van der Waals surface area contributed by atoms with Crippen LogP contribution in [0.1, 0.15) is 36.2 Å². The van der Waals surface area contributed by atoms with Crippen LogP contribution in [0.2, 0.25) is 0 Å². The van der Waals surface area contributed by atoms with Crippen molar-refractivity contribution in [2.24, 2.45) is 0 Å². The molecule has 0 aliphatic heterocycles. The topological polar surface area (TPSA) is 89.3 Å². The molecule has 116 valence electrons. The Morgan fingerprint density at radius 2 is 2.18 bits per heavy atom. The van der Waals surface area contributed by atoms with E-state index in [2.05, 4.69) is 20.8 Å². The van der Waals surface area contributed by atoms with Crippen LogP contribution in [-0.4, -0.2) is 29.3 Å². The van der Waals surface area contributed by atoms with Gasteiger partial charge in [0.1, 0.15) is 11.8 Å². The predicted octanol–water partition coefficient (Wildman–Crippen LogP) is 1.94. The van der Waals surface area contributed by atoms with Crippen LogP contribution in [0.15, 0.2) is 28.8 Å². The third-order valence-electron chi connectivity index (χ3n) is 3.44. The van der Waals surface area contributed by atoms with Crippen molar-refractivity contribution >= 4 is 6.03 Å². The molecule has 1 heterocycles. The Bertz CT molecular complexity index is 666. The molecule has 0 unspecified atom stereocenters. The number of urea groups is 1. The smallest absolute Gasteiger partial charge is 0.315 e. The second-order valence-corrected chi connectivity index (χ2v) is 5.24. The molecule has 7 nitrogen and oxygen atoms in total.